The molecule has 2 aliphatic rings. The third-order valence-corrected chi connectivity index (χ3v) is 7.43. The quantitative estimate of drug-likeness (QED) is 0.220. The van der Waals surface area contributed by atoms with Crippen LogP contribution in [0.25, 0.3) is 11.1 Å². The first-order chi connectivity index (χ1) is 22.3. The van der Waals surface area contributed by atoms with Gasteiger partial charge in [0.1, 0.15) is 25.4 Å². The maximum Gasteiger partial charge on any atom is 0.407 e. The monoisotopic (exact) mass is 656 g/mol. The zero-order valence-corrected chi connectivity index (χ0v) is 26.1. The summed E-state index contributed by atoms with van der Waals surface area (Å²) >= 11 is 0. The minimum absolute atomic E-state index is 0.0666. The Morgan fingerprint density at radius 3 is 1.89 bits per heavy atom. The highest BCUT2D eigenvalue weighted by atomic mass is 16.7. The number of hydrogen-bond acceptors (Lipinski definition) is 12. The van der Waals surface area contributed by atoms with Crippen molar-refractivity contribution in [3.05, 3.63) is 59.7 Å². The van der Waals surface area contributed by atoms with Crippen LogP contribution < -0.4 is 10.6 Å². The molecular weight excluding hydrogens is 620 g/mol. The Kier molecular flexibility index (Phi) is 11.5. The summed E-state index contributed by atoms with van der Waals surface area (Å²) in [6.45, 7) is 3.23. The molecule has 15 nitrogen and oxygen atoms in total. The molecule has 0 bridgehead atoms. The lowest BCUT2D eigenvalue weighted by Crippen LogP contribution is -2.67. The van der Waals surface area contributed by atoms with Crippen LogP contribution >= 0.6 is 0 Å². The Bertz CT molecular complexity index is 1470. The van der Waals surface area contributed by atoms with Crippen LogP contribution in [-0.2, 0) is 52.4 Å². The lowest BCUT2D eigenvalue weighted by molar-refractivity contribution is -0.278. The molecule has 252 valence electrons. The van der Waals surface area contributed by atoms with E-state index in [4.69, 9.17) is 28.4 Å². The maximum absolute atomic E-state index is 12.8. The molecule has 0 spiro atoms. The Morgan fingerprint density at radius 1 is 0.787 bits per heavy atom. The number of rotatable bonds is 12. The first-order valence-corrected chi connectivity index (χ1v) is 14.7. The summed E-state index contributed by atoms with van der Waals surface area (Å²) in [6.07, 6.45) is -6.58. The number of esters is 3. The highest BCUT2D eigenvalue weighted by molar-refractivity contribution is 5.81. The summed E-state index contributed by atoms with van der Waals surface area (Å²) in [5.41, 5.74) is 3.97. The molecule has 2 aromatic rings. The molecular formula is C32H36N2O13. The van der Waals surface area contributed by atoms with Gasteiger partial charge >= 0.3 is 30.0 Å². The van der Waals surface area contributed by atoms with Crippen molar-refractivity contribution in [3.8, 4) is 11.1 Å². The number of alkyl carbamates (subject to hydrolysis) is 1. The Labute approximate surface area is 269 Å². The molecule has 4 rings (SSSR count). The summed E-state index contributed by atoms with van der Waals surface area (Å²) in [7, 11) is 0. The van der Waals surface area contributed by atoms with Crippen molar-refractivity contribution in [2.24, 2.45) is 0 Å². The van der Waals surface area contributed by atoms with Gasteiger partial charge < -0.3 is 44.2 Å². The average molecular weight is 657 g/mol. The van der Waals surface area contributed by atoms with Crippen LogP contribution in [0.1, 0.15) is 44.7 Å². The highest BCUT2D eigenvalue weighted by Crippen LogP contribution is 2.44. The molecule has 6 atom stereocenters. The van der Waals surface area contributed by atoms with E-state index < -0.39 is 85.8 Å². The number of carboxylic acids is 1. The maximum atomic E-state index is 12.8. The van der Waals surface area contributed by atoms with Gasteiger partial charge in [0.2, 0.25) is 5.91 Å². The molecule has 0 aromatic heterocycles. The second-order valence-corrected chi connectivity index (χ2v) is 10.9. The van der Waals surface area contributed by atoms with Crippen molar-refractivity contribution in [1.29, 1.82) is 0 Å². The van der Waals surface area contributed by atoms with E-state index in [0.29, 0.717) is 0 Å². The van der Waals surface area contributed by atoms with Gasteiger partial charge in [-0.3, -0.25) is 19.2 Å². The van der Waals surface area contributed by atoms with Gasteiger partial charge in [-0.1, -0.05) is 48.5 Å². The van der Waals surface area contributed by atoms with Crippen LogP contribution in [0.3, 0.4) is 0 Å². The lowest BCUT2D eigenvalue weighted by atomic mass is 9.96. The van der Waals surface area contributed by atoms with Crippen LogP contribution in [0.2, 0.25) is 0 Å². The summed E-state index contributed by atoms with van der Waals surface area (Å²) < 4.78 is 32.8. The topological polar surface area (TPSA) is 202 Å². The molecule has 0 radical (unpaired) electrons. The third-order valence-electron chi connectivity index (χ3n) is 7.43. The molecule has 2 aromatic carbocycles. The number of carboxylic acid groups (broad SMARTS) is 1. The second-order valence-electron chi connectivity index (χ2n) is 10.9. The second kappa shape index (κ2) is 15.5. The largest absolute Gasteiger partial charge is 0.480 e. The van der Waals surface area contributed by atoms with Gasteiger partial charge in [-0.05, 0) is 22.3 Å². The fourth-order valence-corrected chi connectivity index (χ4v) is 5.58. The fourth-order valence-electron chi connectivity index (χ4n) is 5.58. The zero-order chi connectivity index (χ0) is 34.2. The summed E-state index contributed by atoms with van der Waals surface area (Å²) in [5, 5.41) is 14.6. The van der Waals surface area contributed by atoms with Crippen LogP contribution in [-0.4, -0.2) is 97.5 Å². The number of carbonyl (C=O) groups excluding carboxylic acids is 5. The van der Waals surface area contributed by atoms with Gasteiger partial charge in [0, 0.05) is 33.6 Å². The van der Waals surface area contributed by atoms with Crippen molar-refractivity contribution in [3.63, 3.8) is 0 Å². The van der Waals surface area contributed by atoms with Crippen LogP contribution in [0.15, 0.2) is 48.5 Å². The number of amides is 2. The van der Waals surface area contributed by atoms with Crippen LogP contribution in [0, 0.1) is 0 Å². The predicted octanol–water partition coefficient (Wildman–Crippen LogP) is 1.65. The highest BCUT2D eigenvalue weighted by Gasteiger charge is 2.51. The molecule has 0 saturated carbocycles. The van der Waals surface area contributed by atoms with E-state index in [0.717, 1.165) is 49.9 Å². The number of carbonyl (C=O) groups is 6. The van der Waals surface area contributed by atoms with E-state index in [1.807, 2.05) is 48.5 Å². The fraction of sp³-hybridized carbons (Fsp3) is 0.438. The van der Waals surface area contributed by atoms with Gasteiger partial charge in [-0.15, -0.1) is 0 Å². The summed E-state index contributed by atoms with van der Waals surface area (Å²) in [4.78, 5) is 72.6. The number of benzene rings is 2. The number of aliphatic carboxylic acids is 1. The normalized spacial score (nSPS) is 22.1. The van der Waals surface area contributed by atoms with Gasteiger partial charge in [0.25, 0.3) is 0 Å². The van der Waals surface area contributed by atoms with E-state index in [2.05, 4.69) is 10.6 Å². The minimum Gasteiger partial charge on any atom is -0.480 e. The zero-order valence-electron chi connectivity index (χ0n) is 26.1. The SMILES string of the molecule is CC(=O)N[C@@H]1[C@@H](OC[C@H](NC(=O)OCC2c3ccccc3-c3ccccc32)C(=O)O)O[C@H](COC(C)=O)[C@@H](OC(C)=O)[C@@H]1OC(C)=O. The molecule has 1 heterocycles. The van der Waals surface area contributed by atoms with Gasteiger partial charge in [-0.25, -0.2) is 9.59 Å². The van der Waals surface area contributed by atoms with E-state index in [-0.39, 0.29) is 12.5 Å². The number of ether oxygens (including phenoxy) is 6. The van der Waals surface area contributed by atoms with Gasteiger partial charge in [-0.2, -0.15) is 0 Å². The first-order valence-electron chi connectivity index (χ1n) is 14.7. The van der Waals surface area contributed by atoms with E-state index in [9.17, 15) is 33.9 Å². The van der Waals surface area contributed by atoms with E-state index in [1.54, 1.807) is 0 Å². The van der Waals surface area contributed by atoms with E-state index >= 15 is 0 Å². The van der Waals surface area contributed by atoms with Gasteiger partial charge in [0.05, 0.1) is 6.61 Å². The lowest BCUT2D eigenvalue weighted by Gasteiger charge is -2.45. The molecule has 2 amide bonds. The number of nitrogens with one attached hydrogen (secondary N) is 2. The summed E-state index contributed by atoms with van der Waals surface area (Å²) in [5.74, 6) is -4.65. The van der Waals surface area contributed by atoms with Crippen molar-refractivity contribution >= 4 is 35.9 Å². The predicted molar refractivity (Wildman–Crippen MR) is 160 cm³/mol. The molecule has 1 saturated heterocycles. The minimum atomic E-state index is -1.66. The summed E-state index contributed by atoms with van der Waals surface area (Å²) in [6, 6.07) is 12.5. The van der Waals surface area contributed by atoms with Crippen molar-refractivity contribution in [1.82, 2.24) is 10.6 Å². The number of fused-ring (bicyclic) bond motifs is 3. The molecule has 0 unspecified atom stereocenters. The standard InChI is InChI=1S/C32H36N2O13/c1-16(35)33-27-29(46-19(4)38)28(45-18(3)37)26(15-42-17(2)36)47-31(27)43-14-25(30(39)40)34-32(41)44-13-24-22-11-7-5-9-20(22)21-10-6-8-12-23(21)24/h5-12,24-29,31H,13-15H2,1-4H3,(H,33,35)(H,34,41)(H,39,40)/t25-,26+,27-,28+,29+,31-/m0/s1. The van der Waals surface area contributed by atoms with Crippen LogP contribution in [0.4, 0.5) is 4.79 Å². The van der Waals surface area contributed by atoms with Gasteiger partial charge in [0.15, 0.2) is 24.5 Å². The Morgan fingerprint density at radius 2 is 1.36 bits per heavy atom. The molecule has 47 heavy (non-hydrogen) atoms. The molecule has 3 N–H and O–H groups in total. The molecule has 1 fully saturated rings. The van der Waals surface area contributed by atoms with Crippen molar-refractivity contribution in [2.45, 2.75) is 70.3 Å². The number of hydrogen-bond donors (Lipinski definition) is 3. The molecule has 1 aliphatic carbocycles. The Hall–Kier alpha value is -5.02. The van der Waals surface area contributed by atoms with Crippen LogP contribution in [0.5, 0.6) is 0 Å². The smallest absolute Gasteiger partial charge is 0.407 e. The first kappa shape index (κ1) is 34.8. The van der Waals surface area contributed by atoms with E-state index in [1.165, 1.54) is 0 Å². The Balaban J connectivity index is 1.48. The average Bonchev–Trinajstić information content (AvgIpc) is 3.32. The molecule has 15 heteroatoms. The molecule has 1 aliphatic heterocycles. The third kappa shape index (κ3) is 8.83. The van der Waals surface area contributed by atoms with Crippen molar-refractivity contribution in [2.75, 3.05) is 19.8 Å². The van der Waals surface area contributed by atoms with Crippen molar-refractivity contribution < 1.29 is 62.3 Å².